The van der Waals surface area contributed by atoms with Crippen LogP contribution in [0.15, 0.2) is 12.2 Å². The van der Waals surface area contributed by atoms with Crippen molar-refractivity contribution in [3.05, 3.63) is 12.2 Å². The number of halogens is 4. The van der Waals surface area contributed by atoms with Gasteiger partial charge in [0.05, 0.1) is 35.2 Å². The number of hydrogen-bond donors (Lipinski definition) is 0. The predicted molar refractivity (Wildman–Crippen MR) is 194 cm³/mol. The maximum absolute atomic E-state index is 10.5. The molecule has 0 aromatic rings. The van der Waals surface area contributed by atoms with Crippen molar-refractivity contribution in [2.75, 3.05) is 63.4 Å². The molecule has 0 aromatic heterocycles. The van der Waals surface area contributed by atoms with E-state index in [4.69, 9.17) is 0 Å². The van der Waals surface area contributed by atoms with Gasteiger partial charge in [0.1, 0.15) is 0 Å². The van der Waals surface area contributed by atoms with Gasteiger partial charge >= 0.3 is 11.9 Å². The maximum atomic E-state index is 10.5. The molecule has 0 aliphatic heterocycles. The summed E-state index contributed by atoms with van der Waals surface area (Å²) >= 11 is 0. The molecule has 3 aliphatic carbocycles. The highest BCUT2D eigenvalue weighted by Crippen LogP contribution is 2.60. The van der Waals surface area contributed by atoms with Crippen LogP contribution in [0.4, 0.5) is 17.7 Å². The van der Waals surface area contributed by atoms with Gasteiger partial charge in [-0.15, -0.1) is 11.8 Å². The van der Waals surface area contributed by atoms with Gasteiger partial charge < -0.3 is 18.9 Å². The Morgan fingerprint density at radius 2 is 0.896 bits per heavy atom. The minimum atomic E-state index is -0.681. The molecule has 3 rings (SSSR count). The van der Waals surface area contributed by atoms with Crippen LogP contribution in [0.25, 0.3) is 0 Å². The van der Waals surface area contributed by atoms with Gasteiger partial charge in [0.25, 0.3) is 0 Å². The lowest BCUT2D eigenvalue weighted by Crippen LogP contribution is -2.45. The van der Waals surface area contributed by atoms with Crippen molar-refractivity contribution in [1.29, 1.82) is 0 Å². The molecule has 0 radical (unpaired) electrons. The molecule has 7 nitrogen and oxygen atoms in total. The van der Waals surface area contributed by atoms with Crippen LogP contribution in [0.5, 0.6) is 0 Å². The molecular formula is C37H76F4O7. The molecular weight excluding hydrogens is 632 g/mol. The van der Waals surface area contributed by atoms with E-state index in [9.17, 15) is 27.3 Å². The van der Waals surface area contributed by atoms with Crippen LogP contribution < -0.4 is 0 Å². The lowest BCUT2D eigenvalue weighted by molar-refractivity contribution is -0.138. The van der Waals surface area contributed by atoms with Crippen molar-refractivity contribution in [2.24, 2.45) is 29.1 Å². The second kappa shape index (κ2) is 57.1. The van der Waals surface area contributed by atoms with Crippen molar-refractivity contribution >= 4 is 11.9 Å². The third-order valence-electron chi connectivity index (χ3n) is 6.00. The lowest BCUT2D eigenvalue weighted by Gasteiger charge is -2.56. The van der Waals surface area contributed by atoms with E-state index in [2.05, 4.69) is 63.4 Å². The molecule has 0 aromatic carbocycles. The van der Waals surface area contributed by atoms with Gasteiger partial charge in [0, 0.05) is 35.2 Å². The first kappa shape index (κ1) is 64.4. The second-order valence-corrected chi connectivity index (χ2v) is 11.0. The number of alkyl halides is 3. The Balaban J connectivity index is -0.0000000630. The Labute approximate surface area is 294 Å². The van der Waals surface area contributed by atoms with Crippen LogP contribution in [0.2, 0.25) is 0 Å². The fraction of sp³-hybridized carbons (Fsp3) is 0.838. The zero-order valence-electron chi connectivity index (χ0n) is 34.0. The van der Waals surface area contributed by atoms with Crippen LogP contribution in [0, 0.1) is 40.9 Å². The molecule has 3 aliphatic rings. The summed E-state index contributed by atoms with van der Waals surface area (Å²) in [5.74, 6) is 9.06. The molecule has 0 N–H and O–H groups in total. The van der Waals surface area contributed by atoms with Crippen LogP contribution in [-0.4, -0.2) is 75.3 Å². The monoisotopic (exact) mass is 709 g/mol. The molecule has 0 atom stereocenters. The van der Waals surface area contributed by atoms with E-state index < -0.39 is 6.86 Å². The smallest absolute Gasteiger partial charge is 0.302 e. The van der Waals surface area contributed by atoms with Crippen LogP contribution in [0.1, 0.15) is 115 Å². The molecule has 0 bridgehead atoms. The van der Waals surface area contributed by atoms with Crippen molar-refractivity contribution in [2.45, 2.75) is 115 Å². The molecule has 48 heavy (non-hydrogen) atoms. The fourth-order valence-corrected chi connectivity index (χ4v) is 4.48. The Morgan fingerprint density at radius 1 is 0.708 bits per heavy atom. The van der Waals surface area contributed by atoms with Crippen LogP contribution in [0.3, 0.4) is 0 Å². The minimum absolute atomic E-state index is 0.245. The number of ether oxygens (including phenoxy) is 4. The normalized spacial score (nSPS) is 20.6. The average Bonchev–Trinajstić information content (AvgIpc) is 3.02. The van der Waals surface area contributed by atoms with Crippen molar-refractivity contribution in [3.8, 4) is 11.8 Å². The largest absolute Gasteiger partial charge is 0.469 e. The first-order valence-corrected chi connectivity index (χ1v) is 16.1. The van der Waals surface area contributed by atoms with E-state index in [0.717, 1.165) is 36.2 Å². The van der Waals surface area contributed by atoms with E-state index in [1.165, 1.54) is 80.6 Å². The molecule has 0 unspecified atom stereocenters. The van der Waals surface area contributed by atoms with Gasteiger partial charge in [-0.3, -0.25) is 18.4 Å². The first-order chi connectivity index (χ1) is 22.5. The third kappa shape index (κ3) is 74.6. The van der Waals surface area contributed by atoms with Crippen molar-refractivity contribution in [3.63, 3.8) is 0 Å². The first-order valence-electron chi connectivity index (χ1n) is 16.1. The Kier molecular flexibility index (Phi) is 76.6. The number of esters is 2. The van der Waals surface area contributed by atoms with Crippen molar-refractivity contribution in [1.82, 2.24) is 0 Å². The summed E-state index contributed by atoms with van der Waals surface area (Å²) in [5, 5.41) is 0. The van der Waals surface area contributed by atoms with E-state index in [1.807, 2.05) is 39.8 Å². The standard InChI is InChI=1S/C9H16.C6H12.C4H8.C4H6.2C3H6O2.C2H5FO.C2H5F.C2H6O.CH3FO.CH3F/c1-7-3-9(4-7)5-8(2)6-9;1-5-3-6(2)4-5;2*1-3-4-2;2*1-3(4)5-2;1-4-2-3;1-2-3;2*1-3-2;1-2/h7-8H,3-6H2,1-2H3;5-6H,3-4H2,1-2H3;3-4H,1-2H3;1-2H3;2*1-2H3;2H2,1H3;2H2,1H3;1-2H3;1H3;1H3. The minimum Gasteiger partial charge on any atom is -0.469 e. The molecule has 0 amide bonds. The quantitative estimate of drug-likeness (QED) is 0.116. The molecule has 294 valence electrons. The van der Waals surface area contributed by atoms with Gasteiger partial charge in [-0.1, -0.05) is 39.8 Å². The van der Waals surface area contributed by atoms with E-state index in [1.54, 1.807) is 14.2 Å². The number of hydrogen-bond acceptors (Lipinski definition) is 7. The highest BCUT2D eigenvalue weighted by molar-refractivity contribution is 5.65. The highest BCUT2D eigenvalue weighted by atomic mass is 19.3. The predicted octanol–water partition coefficient (Wildman–Crippen LogP) is 10.8. The zero-order chi connectivity index (χ0) is 40.0. The number of carbonyl (C=O) groups excluding carboxylic acids is 2. The number of carbonyl (C=O) groups is 2. The Hall–Kier alpha value is -2.16. The summed E-state index contributed by atoms with van der Waals surface area (Å²) in [4.78, 5) is 21.9. The molecule has 3 fully saturated rings. The van der Waals surface area contributed by atoms with Gasteiger partial charge in [-0.2, -0.15) is 4.94 Å². The van der Waals surface area contributed by atoms with Crippen molar-refractivity contribution < 1.29 is 51.2 Å². The van der Waals surface area contributed by atoms with Gasteiger partial charge in [-0.05, 0) is 107 Å². The topological polar surface area (TPSA) is 80.3 Å². The summed E-state index contributed by atoms with van der Waals surface area (Å²) in [6.07, 6.45) is 13.1. The Morgan fingerprint density at radius 3 is 0.938 bits per heavy atom. The van der Waals surface area contributed by atoms with E-state index in [0.29, 0.717) is 7.18 Å². The van der Waals surface area contributed by atoms with Gasteiger partial charge in [0.15, 0.2) is 6.86 Å². The Bertz CT molecular complexity index is 610. The highest BCUT2D eigenvalue weighted by Gasteiger charge is 2.49. The lowest BCUT2D eigenvalue weighted by atomic mass is 9.49. The average molecular weight is 709 g/mol. The third-order valence-corrected chi connectivity index (χ3v) is 6.00. The molecule has 1 spiro atoms. The molecule has 0 heterocycles. The fourth-order valence-electron chi connectivity index (χ4n) is 4.48. The summed E-state index contributed by atoms with van der Waals surface area (Å²) in [7, 11) is 8.71. The van der Waals surface area contributed by atoms with Crippen LogP contribution >= 0.6 is 0 Å². The summed E-state index contributed by atoms with van der Waals surface area (Å²) in [6, 6.07) is 0. The SMILES string of the molecule is CC#CC.CC1CC(C)C1.CC1CC2(C1)CC(C)C2.CC=CC.CCF.CF.COC.COC(C)=O.COC(C)=O.COCF.COF. The zero-order valence-corrected chi connectivity index (χ0v) is 34.0. The number of allylic oxidation sites excluding steroid dienone is 2. The van der Waals surface area contributed by atoms with E-state index in [-0.39, 0.29) is 18.6 Å². The van der Waals surface area contributed by atoms with E-state index >= 15 is 0 Å². The van der Waals surface area contributed by atoms with Gasteiger partial charge in [-0.25, -0.2) is 4.39 Å². The molecule has 11 heteroatoms. The van der Waals surface area contributed by atoms with Crippen LogP contribution in [-0.2, 0) is 33.5 Å². The number of rotatable bonds is 1. The molecule has 3 saturated carbocycles. The summed E-state index contributed by atoms with van der Waals surface area (Å²) in [6.45, 7) is 20.3. The maximum Gasteiger partial charge on any atom is 0.302 e. The summed E-state index contributed by atoms with van der Waals surface area (Å²) in [5.41, 5.74) is 0.888. The second-order valence-electron chi connectivity index (χ2n) is 11.0. The molecule has 0 saturated heterocycles. The summed E-state index contributed by atoms with van der Waals surface area (Å²) < 4.78 is 56.4. The number of methoxy groups -OCH3 is 4. The van der Waals surface area contributed by atoms with Gasteiger partial charge in [0.2, 0.25) is 0 Å².